The molecule has 20 heavy (non-hydrogen) atoms. The fourth-order valence-corrected chi connectivity index (χ4v) is 2.67. The first-order valence-corrected chi connectivity index (χ1v) is 7.22. The van der Waals surface area contributed by atoms with Crippen molar-refractivity contribution in [1.29, 1.82) is 0 Å². The molecule has 0 saturated carbocycles. The molecule has 1 heterocycles. The molecule has 0 spiro atoms. The first-order chi connectivity index (χ1) is 9.63. The third kappa shape index (κ3) is 2.64. The van der Waals surface area contributed by atoms with Crippen LogP contribution in [0.5, 0.6) is 11.5 Å². The molecule has 4 nitrogen and oxygen atoms in total. The average molecular weight is 356 g/mol. The van der Waals surface area contributed by atoms with Gasteiger partial charge >= 0.3 is 0 Å². The summed E-state index contributed by atoms with van der Waals surface area (Å²) in [5, 5.41) is 3.81. The molecule has 0 unspecified atom stereocenters. The third-order valence-electron chi connectivity index (χ3n) is 2.91. The quantitative estimate of drug-likeness (QED) is 0.793. The Bertz CT molecular complexity index is 664. The number of nitrogens with one attached hydrogen (secondary N) is 1. The molecule has 1 aliphatic heterocycles. The highest BCUT2D eigenvalue weighted by atomic mass is 79.9. The predicted molar refractivity (Wildman–Crippen MR) is 84.3 cm³/mol. The molecule has 0 aromatic heterocycles. The van der Waals surface area contributed by atoms with Crippen LogP contribution >= 0.6 is 27.5 Å². The standard InChI is InChI=1S/C14H12BrClN2O2/c15-8-1-2-11(9(16)5-8)18-12-7-14-13(6-10(12)17)19-3-4-20-14/h1-2,5-7,18H,3-4,17H2. The number of ether oxygens (including phenoxy) is 2. The van der Waals surface area contributed by atoms with E-state index in [0.29, 0.717) is 35.4 Å². The normalized spacial score (nSPS) is 13.1. The molecule has 0 bridgehead atoms. The van der Waals surface area contributed by atoms with Gasteiger partial charge in [0.1, 0.15) is 13.2 Å². The number of nitrogens with two attached hydrogens (primary N) is 1. The van der Waals surface area contributed by atoms with Crippen molar-refractivity contribution in [2.75, 3.05) is 24.3 Å². The van der Waals surface area contributed by atoms with Crippen molar-refractivity contribution in [3.05, 3.63) is 39.8 Å². The van der Waals surface area contributed by atoms with Gasteiger partial charge in [-0.25, -0.2) is 0 Å². The number of fused-ring (bicyclic) bond motifs is 1. The second-order valence-corrected chi connectivity index (χ2v) is 5.66. The number of anilines is 3. The van der Waals surface area contributed by atoms with E-state index in [1.54, 1.807) is 6.07 Å². The summed E-state index contributed by atoms with van der Waals surface area (Å²) in [5.74, 6) is 1.35. The highest BCUT2D eigenvalue weighted by Crippen LogP contribution is 2.39. The Hall–Kier alpha value is -1.59. The number of rotatable bonds is 2. The van der Waals surface area contributed by atoms with Crippen molar-refractivity contribution >= 4 is 44.6 Å². The minimum Gasteiger partial charge on any atom is -0.486 e. The zero-order valence-electron chi connectivity index (χ0n) is 10.5. The van der Waals surface area contributed by atoms with Crippen LogP contribution in [0.15, 0.2) is 34.8 Å². The first-order valence-electron chi connectivity index (χ1n) is 6.04. The number of halogens is 2. The van der Waals surface area contributed by atoms with Crippen LogP contribution in [0.1, 0.15) is 0 Å². The molecule has 6 heteroatoms. The minimum atomic E-state index is 0.537. The molecular weight excluding hydrogens is 344 g/mol. The van der Waals surface area contributed by atoms with Gasteiger partial charge in [-0.05, 0) is 18.2 Å². The van der Waals surface area contributed by atoms with Crippen molar-refractivity contribution < 1.29 is 9.47 Å². The van der Waals surface area contributed by atoms with Crippen LogP contribution in [0.4, 0.5) is 17.1 Å². The Morgan fingerprint density at radius 3 is 2.45 bits per heavy atom. The number of hydrogen-bond donors (Lipinski definition) is 2. The largest absolute Gasteiger partial charge is 0.486 e. The molecule has 0 aliphatic carbocycles. The van der Waals surface area contributed by atoms with Crippen molar-refractivity contribution in [1.82, 2.24) is 0 Å². The summed E-state index contributed by atoms with van der Waals surface area (Å²) in [6.45, 7) is 1.08. The Balaban J connectivity index is 1.94. The van der Waals surface area contributed by atoms with E-state index in [9.17, 15) is 0 Å². The smallest absolute Gasteiger partial charge is 0.163 e. The predicted octanol–water partition coefficient (Wildman–Crippen LogP) is 4.20. The second kappa shape index (κ2) is 5.42. The van der Waals surface area contributed by atoms with Crippen LogP contribution in [-0.4, -0.2) is 13.2 Å². The zero-order valence-corrected chi connectivity index (χ0v) is 12.8. The summed E-state index contributed by atoms with van der Waals surface area (Å²) in [5.41, 5.74) is 8.11. The summed E-state index contributed by atoms with van der Waals surface area (Å²) in [7, 11) is 0. The number of nitrogen functional groups attached to an aromatic ring is 1. The molecule has 0 fully saturated rings. The van der Waals surface area contributed by atoms with E-state index in [-0.39, 0.29) is 0 Å². The first kappa shape index (κ1) is 13.4. The summed E-state index contributed by atoms with van der Waals surface area (Å²) in [6, 6.07) is 9.18. The van der Waals surface area contributed by atoms with Crippen molar-refractivity contribution in [2.45, 2.75) is 0 Å². The summed E-state index contributed by atoms with van der Waals surface area (Å²) in [4.78, 5) is 0. The van der Waals surface area contributed by atoms with Gasteiger partial charge in [0.15, 0.2) is 11.5 Å². The van der Waals surface area contributed by atoms with Crippen LogP contribution in [0, 0.1) is 0 Å². The van der Waals surface area contributed by atoms with Gasteiger partial charge in [0.2, 0.25) is 0 Å². The summed E-state index contributed by atoms with van der Waals surface area (Å²) in [6.07, 6.45) is 0. The highest BCUT2D eigenvalue weighted by Gasteiger charge is 2.15. The van der Waals surface area contributed by atoms with Gasteiger partial charge in [0.25, 0.3) is 0 Å². The van der Waals surface area contributed by atoms with Crippen LogP contribution in [0.2, 0.25) is 5.02 Å². The van der Waals surface area contributed by atoms with Crippen LogP contribution in [0.25, 0.3) is 0 Å². The van der Waals surface area contributed by atoms with Crippen molar-refractivity contribution in [3.63, 3.8) is 0 Å². The average Bonchev–Trinajstić information content (AvgIpc) is 2.42. The number of hydrogen-bond acceptors (Lipinski definition) is 4. The van der Waals surface area contributed by atoms with Crippen LogP contribution in [-0.2, 0) is 0 Å². The SMILES string of the molecule is Nc1cc2c(cc1Nc1ccc(Br)cc1Cl)OCCO2. The van der Waals surface area contributed by atoms with E-state index in [1.165, 1.54) is 0 Å². The van der Waals surface area contributed by atoms with Gasteiger partial charge in [-0.1, -0.05) is 27.5 Å². The third-order valence-corrected chi connectivity index (χ3v) is 3.72. The van der Waals surface area contributed by atoms with Gasteiger partial charge < -0.3 is 20.5 Å². The minimum absolute atomic E-state index is 0.537. The van der Waals surface area contributed by atoms with E-state index in [1.807, 2.05) is 24.3 Å². The molecule has 0 saturated heterocycles. The van der Waals surface area contributed by atoms with Gasteiger partial charge in [0, 0.05) is 16.6 Å². The Labute approximate surface area is 130 Å². The fraction of sp³-hybridized carbons (Fsp3) is 0.143. The molecule has 1 aliphatic rings. The second-order valence-electron chi connectivity index (χ2n) is 4.33. The van der Waals surface area contributed by atoms with E-state index in [0.717, 1.165) is 15.8 Å². The molecule has 2 aromatic rings. The van der Waals surface area contributed by atoms with Gasteiger partial charge in [0.05, 0.1) is 22.1 Å². The van der Waals surface area contributed by atoms with Crippen LogP contribution in [0.3, 0.4) is 0 Å². The molecule has 2 aromatic carbocycles. The zero-order chi connectivity index (χ0) is 14.1. The maximum absolute atomic E-state index is 6.19. The Kier molecular flexibility index (Phi) is 3.63. The molecule has 3 rings (SSSR count). The number of benzene rings is 2. The van der Waals surface area contributed by atoms with E-state index < -0.39 is 0 Å². The molecule has 0 amide bonds. The van der Waals surface area contributed by atoms with Crippen molar-refractivity contribution in [3.8, 4) is 11.5 Å². The van der Waals surface area contributed by atoms with Crippen LogP contribution < -0.4 is 20.5 Å². The summed E-state index contributed by atoms with van der Waals surface area (Å²) >= 11 is 9.56. The van der Waals surface area contributed by atoms with E-state index in [4.69, 9.17) is 26.8 Å². The topological polar surface area (TPSA) is 56.5 Å². The fourth-order valence-electron chi connectivity index (χ4n) is 1.95. The van der Waals surface area contributed by atoms with Crippen molar-refractivity contribution in [2.24, 2.45) is 0 Å². The lowest BCUT2D eigenvalue weighted by Crippen LogP contribution is -2.15. The van der Waals surface area contributed by atoms with Gasteiger partial charge in [-0.2, -0.15) is 0 Å². The van der Waals surface area contributed by atoms with Gasteiger partial charge in [-0.15, -0.1) is 0 Å². The molecule has 3 N–H and O–H groups in total. The summed E-state index contributed by atoms with van der Waals surface area (Å²) < 4.78 is 11.9. The molecule has 0 atom stereocenters. The highest BCUT2D eigenvalue weighted by molar-refractivity contribution is 9.10. The van der Waals surface area contributed by atoms with E-state index in [2.05, 4.69) is 21.2 Å². The lowest BCUT2D eigenvalue weighted by molar-refractivity contribution is 0.172. The van der Waals surface area contributed by atoms with Gasteiger partial charge in [-0.3, -0.25) is 0 Å². The monoisotopic (exact) mass is 354 g/mol. The maximum atomic E-state index is 6.19. The lowest BCUT2D eigenvalue weighted by atomic mass is 10.2. The molecular formula is C14H12BrClN2O2. The lowest BCUT2D eigenvalue weighted by Gasteiger charge is -2.20. The Morgan fingerprint density at radius 1 is 1.05 bits per heavy atom. The molecule has 104 valence electrons. The maximum Gasteiger partial charge on any atom is 0.163 e. The molecule has 0 radical (unpaired) electrons. The van der Waals surface area contributed by atoms with E-state index >= 15 is 0 Å². The Morgan fingerprint density at radius 2 is 1.75 bits per heavy atom.